The molecule has 0 bridgehead atoms. The fourth-order valence-corrected chi connectivity index (χ4v) is 4.55. The lowest BCUT2D eigenvalue weighted by molar-refractivity contribution is 0.214. The van der Waals surface area contributed by atoms with Crippen molar-refractivity contribution in [2.24, 2.45) is 0 Å². The molecule has 1 saturated heterocycles. The maximum Gasteiger partial charge on any atom is 0.243 e. The van der Waals surface area contributed by atoms with Gasteiger partial charge < -0.3 is 4.74 Å². The fourth-order valence-electron chi connectivity index (χ4n) is 2.82. The molecule has 0 N–H and O–H groups in total. The Morgan fingerprint density at radius 3 is 2.76 bits per heavy atom. The molecule has 0 amide bonds. The normalized spacial score (nSPS) is 18.0. The zero-order chi connectivity index (χ0) is 18.0. The van der Waals surface area contributed by atoms with Crippen LogP contribution >= 0.6 is 0 Å². The van der Waals surface area contributed by atoms with E-state index in [0.717, 1.165) is 5.69 Å². The Labute approximate surface area is 147 Å². The van der Waals surface area contributed by atoms with Crippen LogP contribution in [0.3, 0.4) is 0 Å². The number of nitrogens with zero attached hydrogens (tertiary/aromatic N) is 3. The Balaban J connectivity index is 1.77. The molecule has 1 fully saturated rings. The van der Waals surface area contributed by atoms with Gasteiger partial charge in [0.1, 0.15) is 11.9 Å². The van der Waals surface area contributed by atoms with Crippen LogP contribution in [0.2, 0.25) is 0 Å². The zero-order valence-corrected chi connectivity index (χ0v) is 15.0. The predicted octanol–water partition coefficient (Wildman–Crippen LogP) is 2.41. The molecule has 1 atom stereocenters. The minimum Gasteiger partial charge on any atom is -0.487 e. The second-order valence-electron chi connectivity index (χ2n) is 6.12. The molecular weight excluding hydrogens is 338 g/mol. The number of aromatic nitrogens is 1. The number of hydrogen-bond donors (Lipinski definition) is 0. The van der Waals surface area contributed by atoms with Crippen molar-refractivity contribution in [1.82, 2.24) is 9.29 Å². The van der Waals surface area contributed by atoms with E-state index in [0.29, 0.717) is 29.8 Å². The van der Waals surface area contributed by atoms with E-state index in [9.17, 15) is 8.42 Å². The monoisotopic (exact) mass is 357 g/mol. The number of rotatable bonds is 4. The van der Waals surface area contributed by atoms with Gasteiger partial charge in [-0.15, -0.1) is 0 Å². The van der Waals surface area contributed by atoms with Crippen molar-refractivity contribution in [3.63, 3.8) is 0 Å². The molecule has 2 heterocycles. The highest BCUT2D eigenvalue weighted by Crippen LogP contribution is 2.26. The van der Waals surface area contributed by atoms with Gasteiger partial charge in [0.15, 0.2) is 0 Å². The summed E-state index contributed by atoms with van der Waals surface area (Å²) in [5.41, 5.74) is 1.86. The molecule has 130 valence electrons. The lowest BCUT2D eigenvalue weighted by atomic mass is 10.2. The summed E-state index contributed by atoms with van der Waals surface area (Å²) in [7, 11) is -3.65. The third-order valence-corrected chi connectivity index (χ3v) is 6.24. The van der Waals surface area contributed by atoms with Crippen molar-refractivity contribution < 1.29 is 13.2 Å². The molecule has 1 aromatic carbocycles. The fraction of sp³-hybridized carbons (Fsp3) is 0.333. The first-order valence-corrected chi connectivity index (χ1v) is 9.44. The summed E-state index contributed by atoms with van der Waals surface area (Å²) in [6, 6.07) is 10.4. The molecule has 0 saturated carbocycles. The molecule has 0 spiro atoms. The van der Waals surface area contributed by atoms with Gasteiger partial charge in [-0.2, -0.15) is 9.57 Å². The second kappa shape index (κ2) is 6.82. The summed E-state index contributed by atoms with van der Waals surface area (Å²) in [6.45, 7) is 4.30. The Bertz CT molecular complexity index is 918. The van der Waals surface area contributed by atoms with Crippen LogP contribution in [0.15, 0.2) is 41.4 Å². The maximum atomic E-state index is 12.9. The highest BCUT2D eigenvalue weighted by molar-refractivity contribution is 7.89. The summed E-state index contributed by atoms with van der Waals surface area (Å²) in [6.07, 6.45) is 2.05. The van der Waals surface area contributed by atoms with Crippen molar-refractivity contribution in [3.05, 3.63) is 53.3 Å². The Morgan fingerprint density at radius 2 is 2.08 bits per heavy atom. The van der Waals surface area contributed by atoms with Crippen LogP contribution in [-0.2, 0) is 10.0 Å². The van der Waals surface area contributed by atoms with Crippen LogP contribution in [-0.4, -0.2) is 36.9 Å². The number of nitriles is 1. The van der Waals surface area contributed by atoms with E-state index >= 15 is 0 Å². The molecule has 0 unspecified atom stereocenters. The smallest absolute Gasteiger partial charge is 0.243 e. The number of ether oxygens (including phenoxy) is 1. The van der Waals surface area contributed by atoms with Crippen molar-refractivity contribution >= 4 is 10.0 Å². The predicted molar refractivity (Wildman–Crippen MR) is 92.7 cm³/mol. The number of pyridine rings is 1. The number of aryl methyl sites for hydroxylation is 2. The number of hydrogen-bond acceptors (Lipinski definition) is 5. The molecule has 1 aromatic heterocycles. The molecular formula is C18H19N3O3S. The molecule has 0 aliphatic carbocycles. The van der Waals surface area contributed by atoms with Gasteiger partial charge in [-0.1, -0.05) is 6.07 Å². The minimum absolute atomic E-state index is 0.184. The third kappa shape index (κ3) is 3.65. The van der Waals surface area contributed by atoms with Crippen LogP contribution in [0.5, 0.6) is 5.75 Å². The maximum absolute atomic E-state index is 12.9. The van der Waals surface area contributed by atoms with Crippen LogP contribution in [0.4, 0.5) is 0 Å². The van der Waals surface area contributed by atoms with Crippen LogP contribution < -0.4 is 4.74 Å². The van der Waals surface area contributed by atoms with Gasteiger partial charge in [-0.3, -0.25) is 4.98 Å². The largest absolute Gasteiger partial charge is 0.487 e. The van der Waals surface area contributed by atoms with E-state index in [2.05, 4.69) is 4.98 Å². The van der Waals surface area contributed by atoms with Gasteiger partial charge in [-0.05, 0) is 50.1 Å². The first kappa shape index (κ1) is 17.4. The average Bonchev–Trinajstić information content (AvgIpc) is 3.06. The van der Waals surface area contributed by atoms with Crippen molar-refractivity contribution in [1.29, 1.82) is 5.26 Å². The molecule has 25 heavy (non-hydrogen) atoms. The summed E-state index contributed by atoms with van der Waals surface area (Å²) in [4.78, 5) is 4.36. The molecule has 6 nitrogen and oxygen atoms in total. The molecule has 1 aliphatic rings. The van der Waals surface area contributed by atoms with Crippen molar-refractivity contribution in [2.45, 2.75) is 31.3 Å². The number of benzene rings is 1. The summed E-state index contributed by atoms with van der Waals surface area (Å²) < 4.78 is 33.1. The lowest BCUT2D eigenvalue weighted by Crippen LogP contribution is -2.31. The van der Waals surface area contributed by atoms with Crippen LogP contribution in [0.1, 0.15) is 23.2 Å². The van der Waals surface area contributed by atoms with Gasteiger partial charge >= 0.3 is 0 Å². The quantitative estimate of drug-likeness (QED) is 0.839. The second-order valence-corrected chi connectivity index (χ2v) is 8.03. The Morgan fingerprint density at radius 1 is 1.28 bits per heavy atom. The van der Waals surface area contributed by atoms with E-state index in [1.165, 1.54) is 10.4 Å². The topological polar surface area (TPSA) is 83.3 Å². The lowest BCUT2D eigenvalue weighted by Gasteiger charge is -2.18. The first-order valence-electron chi connectivity index (χ1n) is 8.00. The molecule has 0 radical (unpaired) electrons. The van der Waals surface area contributed by atoms with E-state index in [-0.39, 0.29) is 17.5 Å². The van der Waals surface area contributed by atoms with Gasteiger partial charge in [0.05, 0.1) is 29.3 Å². The van der Waals surface area contributed by atoms with Gasteiger partial charge in [0.25, 0.3) is 0 Å². The average molecular weight is 357 g/mol. The molecule has 1 aliphatic heterocycles. The minimum atomic E-state index is -3.65. The van der Waals surface area contributed by atoms with Crippen molar-refractivity contribution in [3.8, 4) is 11.8 Å². The Hall–Kier alpha value is -2.43. The first-order chi connectivity index (χ1) is 11.9. The van der Waals surface area contributed by atoms with E-state index < -0.39 is 10.0 Å². The van der Waals surface area contributed by atoms with Gasteiger partial charge in [-0.25, -0.2) is 8.42 Å². The number of sulfonamides is 1. The molecule has 3 rings (SSSR count). The van der Waals surface area contributed by atoms with E-state index in [1.807, 2.05) is 25.1 Å². The van der Waals surface area contributed by atoms with E-state index in [4.69, 9.17) is 10.00 Å². The van der Waals surface area contributed by atoms with Crippen molar-refractivity contribution in [2.75, 3.05) is 13.1 Å². The van der Waals surface area contributed by atoms with Crippen LogP contribution in [0.25, 0.3) is 0 Å². The summed E-state index contributed by atoms with van der Waals surface area (Å²) >= 11 is 0. The van der Waals surface area contributed by atoms with Gasteiger partial charge in [0.2, 0.25) is 10.0 Å². The third-order valence-electron chi connectivity index (χ3n) is 4.23. The SMILES string of the molecule is Cc1ccc(O[C@H]2CCN(S(=O)(=O)c3cc(C#N)ccc3C)C2)cn1. The molecule has 7 heteroatoms. The van der Waals surface area contributed by atoms with Crippen LogP contribution in [0, 0.1) is 25.2 Å². The highest BCUT2D eigenvalue weighted by atomic mass is 32.2. The zero-order valence-electron chi connectivity index (χ0n) is 14.1. The standard InChI is InChI=1S/C18H19N3O3S/c1-13-3-5-15(10-19)9-18(13)25(22,23)21-8-7-17(12-21)24-16-6-4-14(2)20-11-16/h3-6,9,11,17H,7-8,12H2,1-2H3/t17-/m0/s1. The van der Waals surface area contributed by atoms with E-state index in [1.54, 1.807) is 25.3 Å². The van der Waals surface area contributed by atoms with Gasteiger partial charge in [0, 0.05) is 12.2 Å². The Kier molecular flexibility index (Phi) is 4.75. The summed E-state index contributed by atoms with van der Waals surface area (Å²) in [5.74, 6) is 0.637. The molecule has 2 aromatic rings. The summed E-state index contributed by atoms with van der Waals surface area (Å²) in [5, 5.41) is 9.03. The highest BCUT2D eigenvalue weighted by Gasteiger charge is 2.34.